The Kier molecular flexibility index (Phi) is 11.8. The van der Waals surface area contributed by atoms with E-state index in [0.29, 0.717) is 49.0 Å². The summed E-state index contributed by atoms with van der Waals surface area (Å²) in [6, 6.07) is 18.3. The number of amides is 3. The number of hydrogen-bond acceptors (Lipinski definition) is 8. The average molecular weight is 741 g/mol. The van der Waals surface area contributed by atoms with Crippen molar-refractivity contribution in [3.63, 3.8) is 0 Å². The van der Waals surface area contributed by atoms with Gasteiger partial charge in [-0.15, -0.1) is 0 Å². The minimum Gasteiger partial charge on any atom is -0.460 e. The fraction of sp³-hybridized carbons (Fsp3) is 0.476. The fourth-order valence-electron chi connectivity index (χ4n) is 7.38. The molecular weight excluding hydrogens is 688 g/mol. The molecule has 3 aromatic rings. The smallest absolute Gasteiger partial charge is 0.329 e. The van der Waals surface area contributed by atoms with Crippen LogP contribution < -0.4 is 16.2 Å². The van der Waals surface area contributed by atoms with E-state index in [9.17, 15) is 28.8 Å². The lowest BCUT2D eigenvalue weighted by Crippen LogP contribution is -2.55. The summed E-state index contributed by atoms with van der Waals surface area (Å²) in [4.78, 5) is 82.8. The zero-order chi connectivity index (χ0) is 39.4. The molecular formula is C42H52N4O8. The zero-order valence-electron chi connectivity index (χ0n) is 32.3. The highest BCUT2D eigenvalue weighted by Gasteiger charge is 2.50. The number of aryl methyl sites for hydroxylation is 1. The number of likely N-dealkylation sites (tertiary alicyclic amines) is 1. The van der Waals surface area contributed by atoms with E-state index in [-0.39, 0.29) is 29.5 Å². The molecule has 2 aromatic carbocycles. The molecule has 1 fully saturated rings. The van der Waals surface area contributed by atoms with Crippen LogP contribution in [0.25, 0.3) is 0 Å². The number of carbonyl (C=O) groups is 5. The molecule has 5 rings (SSSR count). The number of nitrogens with one attached hydrogen (secondary N) is 2. The number of carbonyl (C=O) groups excluding carboxylic acids is 5. The SMILES string of the molecule is Cn1cccc(C(=O)NC2CCN(C(=O)[C@H]3CC[C@@](C(=O)N[C@@H](CC(=O)OC(C)(C)C)C(=O)OC(C)(C)C)(c4ccccc4)c4ccccc43)CC2)c1=O. The molecule has 0 saturated carbocycles. The molecule has 0 bridgehead atoms. The Balaban J connectivity index is 1.40. The highest BCUT2D eigenvalue weighted by Crippen LogP contribution is 2.48. The summed E-state index contributed by atoms with van der Waals surface area (Å²) in [7, 11) is 1.59. The van der Waals surface area contributed by atoms with Crippen molar-refractivity contribution in [3.05, 3.63) is 106 Å². The second-order valence-corrected chi connectivity index (χ2v) is 16.2. The number of nitrogens with zero attached hydrogens (tertiary/aromatic N) is 2. The van der Waals surface area contributed by atoms with E-state index in [4.69, 9.17) is 9.47 Å². The molecule has 2 heterocycles. The lowest BCUT2D eigenvalue weighted by Gasteiger charge is -2.43. The van der Waals surface area contributed by atoms with E-state index in [1.165, 1.54) is 10.6 Å². The van der Waals surface area contributed by atoms with Crippen LogP contribution in [0.15, 0.2) is 77.7 Å². The van der Waals surface area contributed by atoms with Gasteiger partial charge in [0.2, 0.25) is 11.8 Å². The maximum Gasteiger partial charge on any atom is 0.329 e. The van der Waals surface area contributed by atoms with Gasteiger partial charge in [0.15, 0.2) is 0 Å². The number of pyridine rings is 1. The second kappa shape index (κ2) is 16.0. The molecule has 288 valence electrons. The van der Waals surface area contributed by atoms with Gasteiger partial charge in [0.05, 0.1) is 17.8 Å². The van der Waals surface area contributed by atoms with E-state index >= 15 is 0 Å². The van der Waals surface area contributed by atoms with Crippen molar-refractivity contribution in [1.82, 2.24) is 20.1 Å². The predicted molar refractivity (Wildman–Crippen MR) is 203 cm³/mol. The van der Waals surface area contributed by atoms with Crippen molar-refractivity contribution < 1.29 is 33.4 Å². The average Bonchev–Trinajstić information content (AvgIpc) is 3.10. The van der Waals surface area contributed by atoms with Gasteiger partial charge in [-0.05, 0) is 96.0 Å². The molecule has 12 nitrogen and oxygen atoms in total. The van der Waals surface area contributed by atoms with Crippen LogP contribution in [0.4, 0.5) is 0 Å². The molecule has 0 unspecified atom stereocenters. The number of piperidine rings is 1. The molecule has 1 aromatic heterocycles. The lowest BCUT2D eigenvalue weighted by atomic mass is 9.62. The van der Waals surface area contributed by atoms with Crippen molar-refractivity contribution in [1.29, 1.82) is 0 Å². The number of hydrogen-bond donors (Lipinski definition) is 2. The first-order valence-corrected chi connectivity index (χ1v) is 18.6. The molecule has 54 heavy (non-hydrogen) atoms. The third-order valence-corrected chi connectivity index (χ3v) is 9.85. The van der Waals surface area contributed by atoms with Crippen LogP contribution >= 0.6 is 0 Å². The molecule has 1 aliphatic carbocycles. The normalized spacial score (nSPS) is 19.5. The highest BCUT2D eigenvalue weighted by atomic mass is 16.6. The van der Waals surface area contributed by atoms with E-state index in [1.807, 2.05) is 54.6 Å². The van der Waals surface area contributed by atoms with Crippen LogP contribution in [-0.2, 0) is 41.1 Å². The Hall–Kier alpha value is -5.26. The Morgan fingerprint density at radius 2 is 1.46 bits per heavy atom. The first kappa shape index (κ1) is 39.9. The molecule has 2 N–H and O–H groups in total. The van der Waals surface area contributed by atoms with Gasteiger partial charge < -0.3 is 29.6 Å². The van der Waals surface area contributed by atoms with E-state index in [0.717, 1.165) is 0 Å². The summed E-state index contributed by atoms with van der Waals surface area (Å²) in [5.74, 6) is -2.94. The number of esters is 2. The second-order valence-electron chi connectivity index (χ2n) is 16.2. The van der Waals surface area contributed by atoms with Gasteiger partial charge in [-0.25, -0.2) is 4.79 Å². The number of aromatic nitrogens is 1. The molecule has 1 saturated heterocycles. The molecule has 3 amide bonds. The molecule has 3 atom stereocenters. The summed E-state index contributed by atoms with van der Waals surface area (Å²) in [6.07, 6.45) is 2.82. The van der Waals surface area contributed by atoms with Gasteiger partial charge in [-0.1, -0.05) is 54.6 Å². The van der Waals surface area contributed by atoms with Crippen LogP contribution in [-0.4, -0.2) is 75.5 Å². The standard InChI is InChI=1S/C42H52N4O8/c1-40(2,3)53-34(47)26-33(38(51)54-41(4,5)6)44-39(52)42(27-14-9-8-10-15-27)22-19-30(29-16-11-12-18-32(29)42)37(50)46-24-20-28(21-25-46)43-35(48)31-17-13-23-45(7)36(31)49/h8-18,23,28,30,33H,19-22,24-26H2,1-7H3,(H,43,48)(H,44,52)/t30-,33-,42+/m0/s1. The Labute approximate surface area is 316 Å². The van der Waals surface area contributed by atoms with Crippen LogP contribution in [0.2, 0.25) is 0 Å². The van der Waals surface area contributed by atoms with Crippen LogP contribution in [0.5, 0.6) is 0 Å². The topological polar surface area (TPSA) is 153 Å². The van der Waals surface area contributed by atoms with Gasteiger partial charge >= 0.3 is 11.9 Å². The fourth-order valence-corrected chi connectivity index (χ4v) is 7.38. The minimum absolute atomic E-state index is 0.0669. The minimum atomic E-state index is -1.33. The van der Waals surface area contributed by atoms with Gasteiger partial charge in [0.25, 0.3) is 11.5 Å². The third kappa shape index (κ3) is 9.09. The first-order valence-electron chi connectivity index (χ1n) is 18.6. The molecule has 1 aliphatic heterocycles. The largest absolute Gasteiger partial charge is 0.460 e. The van der Waals surface area contributed by atoms with Crippen molar-refractivity contribution >= 4 is 29.7 Å². The lowest BCUT2D eigenvalue weighted by molar-refractivity contribution is -0.165. The summed E-state index contributed by atoms with van der Waals surface area (Å²) >= 11 is 0. The van der Waals surface area contributed by atoms with Crippen molar-refractivity contribution in [2.24, 2.45) is 7.05 Å². The maximum absolute atomic E-state index is 14.9. The highest BCUT2D eigenvalue weighted by molar-refractivity contribution is 5.98. The van der Waals surface area contributed by atoms with Crippen molar-refractivity contribution in [3.8, 4) is 0 Å². The van der Waals surface area contributed by atoms with E-state index in [1.54, 1.807) is 65.8 Å². The zero-order valence-corrected chi connectivity index (χ0v) is 32.3. The van der Waals surface area contributed by atoms with Crippen molar-refractivity contribution in [2.75, 3.05) is 13.1 Å². The number of fused-ring (bicyclic) bond motifs is 1. The number of rotatable bonds is 9. The summed E-state index contributed by atoms with van der Waals surface area (Å²) in [5, 5.41) is 5.85. The molecule has 0 radical (unpaired) electrons. The van der Waals surface area contributed by atoms with Crippen molar-refractivity contribution in [2.45, 2.75) is 108 Å². The van der Waals surface area contributed by atoms with Crippen LogP contribution in [0.1, 0.15) is 107 Å². The van der Waals surface area contributed by atoms with Crippen LogP contribution in [0, 0.1) is 0 Å². The number of ether oxygens (including phenoxy) is 2. The molecule has 2 aliphatic rings. The predicted octanol–water partition coefficient (Wildman–Crippen LogP) is 4.53. The van der Waals surface area contributed by atoms with E-state index < -0.39 is 58.8 Å². The van der Waals surface area contributed by atoms with Crippen LogP contribution in [0.3, 0.4) is 0 Å². The number of benzene rings is 2. The quantitative estimate of drug-likeness (QED) is 0.304. The Bertz CT molecular complexity index is 1940. The monoisotopic (exact) mass is 740 g/mol. The van der Waals surface area contributed by atoms with Gasteiger partial charge in [-0.2, -0.15) is 0 Å². The summed E-state index contributed by atoms with van der Waals surface area (Å²) < 4.78 is 12.5. The summed E-state index contributed by atoms with van der Waals surface area (Å²) in [6.45, 7) is 11.2. The van der Waals surface area contributed by atoms with Gasteiger partial charge in [0.1, 0.15) is 22.8 Å². The van der Waals surface area contributed by atoms with Gasteiger partial charge in [-0.3, -0.25) is 24.0 Å². The first-order chi connectivity index (χ1) is 25.4. The third-order valence-electron chi connectivity index (χ3n) is 9.85. The molecule has 0 spiro atoms. The Morgan fingerprint density at radius 1 is 0.833 bits per heavy atom. The molecule has 12 heteroatoms. The Morgan fingerprint density at radius 3 is 2.11 bits per heavy atom. The summed E-state index contributed by atoms with van der Waals surface area (Å²) in [5.41, 5.74) is -1.24. The maximum atomic E-state index is 14.9. The van der Waals surface area contributed by atoms with E-state index in [2.05, 4.69) is 10.6 Å². The van der Waals surface area contributed by atoms with Gasteiger partial charge in [0, 0.05) is 32.4 Å².